The van der Waals surface area contributed by atoms with E-state index in [1.807, 2.05) is 0 Å². The third-order valence-electron chi connectivity index (χ3n) is 8.65. The lowest BCUT2D eigenvalue weighted by molar-refractivity contribution is -0.143. The largest absolute Gasteiger partial charge is 0.480 e. The van der Waals surface area contributed by atoms with Gasteiger partial charge in [0.25, 0.3) is 0 Å². The van der Waals surface area contributed by atoms with Crippen LogP contribution < -0.4 is 38.1 Å². The van der Waals surface area contributed by atoms with Crippen molar-refractivity contribution >= 4 is 63.2 Å². The predicted octanol–water partition coefficient (Wildman–Crippen LogP) is -3.88. The smallest absolute Gasteiger partial charge is 0.328 e. The van der Waals surface area contributed by atoms with E-state index in [1.165, 1.54) is 0 Å². The molecule has 15 N–H and O–H groups in total. The van der Waals surface area contributed by atoms with Crippen LogP contribution in [0.15, 0.2) is 60.9 Å². The van der Waals surface area contributed by atoms with Gasteiger partial charge in [0.05, 0.1) is 26.2 Å². The Balaban J connectivity index is 1.66. The van der Waals surface area contributed by atoms with E-state index in [-0.39, 0.29) is 12.8 Å². The average molecular weight is 766 g/mol. The molecule has 0 aliphatic heterocycles. The third-order valence-corrected chi connectivity index (χ3v) is 8.65. The normalized spacial score (nSPS) is 14.5. The van der Waals surface area contributed by atoms with E-state index in [4.69, 9.17) is 16.6 Å². The van der Waals surface area contributed by atoms with Gasteiger partial charge in [-0.2, -0.15) is 0 Å². The van der Waals surface area contributed by atoms with Crippen LogP contribution in [0.4, 0.5) is 0 Å². The van der Waals surface area contributed by atoms with Crippen LogP contribution in [0, 0.1) is 0 Å². The Morgan fingerprint density at radius 2 is 0.964 bits per heavy atom. The van der Waals surface area contributed by atoms with Gasteiger partial charge in [-0.15, -0.1) is 0 Å². The fraction of sp³-hybridized carbons (Fsp3) is 0.343. The zero-order valence-electron chi connectivity index (χ0n) is 29.3. The highest BCUT2D eigenvalue weighted by molar-refractivity contribution is 5.98. The van der Waals surface area contributed by atoms with E-state index in [1.54, 1.807) is 60.9 Å². The molecule has 0 unspecified atom stereocenters. The number of carbonyl (C=O) groups excluding carboxylic acids is 6. The standard InChI is InChI=1S/C35H43N9O11/c36-21(14-45)30(49)43-27(15-46)34(53)42-26(11-29(37)48)33(52)41-24(9-17-12-38-22-7-3-1-5-19(17)22)31(50)40-25(32(51)44-28(16-47)35(54)55)10-18-13-39-23-8-4-2-6-20(18)23/h1-8,12-13,21,24-28,38-39,45-47H,9-11,14-16,36H2,(H2,37,48)(H,40,50)(H,41,52)(H,42,53)(H,43,49)(H,44,51)(H,54,55)/t21-,24-,25-,26-,27-,28-/m0/s1. The number of carbonyl (C=O) groups is 7. The SMILES string of the molecule is NC(=O)C[C@H](NC(=O)[C@H](CO)NC(=O)[C@@H](N)CO)C(=O)N[C@@H](Cc1c[nH]c2ccccc12)C(=O)N[C@@H](Cc1c[nH]c2ccccc12)C(=O)N[C@@H](CO)C(=O)O. The lowest BCUT2D eigenvalue weighted by Crippen LogP contribution is -2.61. The van der Waals surface area contributed by atoms with Gasteiger partial charge in [0.15, 0.2) is 0 Å². The predicted molar refractivity (Wildman–Crippen MR) is 194 cm³/mol. The molecule has 0 fully saturated rings. The molecule has 4 aromatic rings. The second-order valence-electron chi connectivity index (χ2n) is 12.6. The molecular formula is C35H43N9O11. The summed E-state index contributed by atoms with van der Waals surface area (Å²) in [5, 5.41) is 51.0. The molecule has 0 bridgehead atoms. The summed E-state index contributed by atoms with van der Waals surface area (Å²) in [4.78, 5) is 96.6. The molecule has 0 aliphatic carbocycles. The number of fused-ring (bicyclic) bond motifs is 2. The zero-order chi connectivity index (χ0) is 40.2. The highest BCUT2D eigenvalue weighted by atomic mass is 16.4. The fourth-order valence-corrected chi connectivity index (χ4v) is 5.70. The van der Waals surface area contributed by atoms with Crippen LogP contribution in [-0.4, -0.2) is 128 Å². The van der Waals surface area contributed by atoms with Gasteiger partial charge in [0.2, 0.25) is 35.4 Å². The van der Waals surface area contributed by atoms with Crippen LogP contribution in [0.25, 0.3) is 21.8 Å². The summed E-state index contributed by atoms with van der Waals surface area (Å²) in [6, 6.07) is 4.63. The maximum atomic E-state index is 14.2. The first-order chi connectivity index (χ1) is 26.3. The van der Waals surface area contributed by atoms with Crippen molar-refractivity contribution in [2.75, 3.05) is 19.8 Å². The zero-order valence-corrected chi connectivity index (χ0v) is 29.3. The van der Waals surface area contributed by atoms with Gasteiger partial charge < -0.3 is 68.4 Å². The minimum atomic E-state index is -1.74. The van der Waals surface area contributed by atoms with Crippen molar-refractivity contribution in [2.24, 2.45) is 11.5 Å². The van der Waals surface area contributed by atoms with Crippen LogP contribution in [0.2, 0.25) is 0 Å². The van der Waals surface area contributed by atoms with Crippen molar-refractivity contribution in [3.63, 3.8) is 0 Å². The average Bonchev–Trinajstić information content (AvgIpc) is 3.77. The number of aliphatic hydroxyl groups is 3. The third kappa shape index (κ3) is 10.9. The van der Waals surface area contributed by atoms with Crippen LogP contribution in [0.3, 0.4) is 0 Å². The summed E-state index contributed by atoms with van der Waals surface area (Å²) in [5.74, 6) is -7.69. The van der Waals surface area contributed by atoms with Crippen molar-refractivity contribution in [3.05, 3.63) is 72.1 Å². The van der Waals surface area contributed by atoms with Crippen molar-refractivity contribution in [1.29, 1.82) is 0 Å². The number of hydrogen-bond donors (Lipinski definition) is 13. The van der Waals surface area contributed by atoms with Gasteiger partial charge in [-0.25, -0.2) is 4.79 Å². The maximum Gasteiger partial charge on any atom is 0.328 e. The molecule has 0 saturated heterocycles. The second kappa shape index (κ2) is 19.1. The number of aromatic nitrogens is 2. The van der Waals surface area contributed by atoms with Gasteiger partial charge in [-0.1, -0.05) is 36.4 Å². The Morgan fingerprint density at radius 3 is 1.40 bits per heavy atom. The Hall–Kier alpha value is -6.35. The molecule has 6 atom stereocenters. The minimum Gasteiger partial charge on any atom is -0.480 e. The fourth-order valence-electron chi connectivity index (χ4n) is 5.70. The number of nitrogens with one attached hydrogen (secondary N) is 7. The number of primary amides is 1. The molecule has 2 heterocycles. The molecule has 0 radical (unpaired) electrons. The summed E-state index contributed by atoms with van der Waals surface area (Å²) in [7, 11) is 0. The van der Waals surface area contributed by atoms with E-state index >= 15 is 0 Å². The van der Waals surface area contributed by atoms with E-state index in [0.717, 1.165) is 0 Å². The molecule has 4 rings (SSSR count). The number of carboxylic acid groups (broad SMARTS) is 1. The highest BCUT2D eigenvalue weighted by Gasteiger charge is 2.34. The number of para-hydroxylation sites is 2. The van der Waals surface area contributed by atoms with Crippen molar-refractivity contribution in [3.8, 4) is 0 Å². The van der Waals surface area contributed by atoms with E-state index in [9.17, 15) is 48.9 Å². The Labute approximate surface area is 312 Å². The number of aliphatic carboxylic acids is 1. The molecule has 6 amide bonds. The Morgan fingerprint density at radius 1 is 0.564 bits per heavy atom. The lowest BCUT2D eigenvalue weighted by atomic mass is 10.0. The summed E-state index contributed by atoms with van der Waals surface area (Å²) >= 11 is 0. The van der Waals surface area contributed by atoms with Crippen LogP contribution >= 0.6 is 0 Å². The summed E-state index contributed by atoms with van der Waals surface area (Å²) in [5.41, 5.74) is 13.4. The molecule has 294 valence electrons. The van der Waals surface area contributed by atoms with Crippen LogP contribution in [0.5, 0.6) is 0 Å². The second-order valence-corrected chi connectivity index (χ2v) is 12.6. The van der Waals surface area contributed by atoms with Gasteiger partial charge in [0, 0.05) is 47.0 Å². The van der Waals surface area contributed by atoms with Gasteiger partial charge in [0.1, 0.15) is 36.3 Å². The van der Waals surface area contributed by atoms with Crippen LogP contribution in [-0.2, 0) is 46.4 Å². The Kier molecular flexibility index (Phi) is 14.4. The Bertz CT molecular complexity index is 2030. The highest BCUT2D eigenvalue weighted by Crippen LogP contribution is 2.21. The monoisotopic (exact) mass is 765 g/mol. The number of amides is 6. The number of benzene rings is 2. The number of aliphatic hydroxyl groups excluding tert-OH is 3. The van der Waals surface area contributed by atoms with Gasteiger partial charge >= 0.3 is 5.97 Å². The first kappa shape index (κ1) is 41.4. The number of carboxylic acids is 1. The lowest BCUT2D eigenvalue weighted by Gasteiger charge is -2.26. The van der Waals surface area contributed by atoms with Crippen molar-refractivity contribution < 1.29 is 54.0 Å². The topological polar surface area (TPSA) is 344 Å². The van der Waals surface area contributed by atoms with Crippen LogP contribution in [0.1, 0.15) is 17.5 Å². The summed E-state index contributed by atoms with van der Waals surface area (Å²) in [6.45, 7) is -2.69. The molecule has 20 nitrogen and oxygen atoms in total. The van der Waals surface area contributed by atoms with E-state index in [2.05, 4.69) is 36.6 Å². The molecule has 2 aromatic carbocycles. The number of nitrogens with two attached hydrogens (primary N) is 2. The van der Waals surface area contributed by atoms with E-state index in [0.29, 0.717) is 32.9 Å². The first-order valence-electron chi connectivity index (χ1n) is 17.0. The number of rotatable bonds is 20. The first-order valence-corrected chi connectivity index (χ1v) is 17.0. The molecule has 0 saturated carbocycles. The maximum absolute atomic E-state index is 14.2. The number of aromatic amines is 2. The molecule has 55 heavy (non-hydrogen) atoms. The molecule has 20 heteroatoms. The molecular weight excluding hydrogens is 722 g/mol. The van der Waals surface area contributed by atoms with Gasteiger partial charge in [-0.3, -0.25) is 28.8 Å². The summed E-state index contributed by atoms with van der Waals surface area (Å²) < 4.78 is 0. The van der Waals surface area contributed by atoms with Gasteiger partial charge in [-0.05, 0) is 23.3 Å². The number of hydrogen-bond acceptors (Lipinski definition) is 11. The van der Waals surface area contributed by atoms with E-state index < -0.39 is 104 Å². The molecule has 0 spiro atoms. The van der Waals surface area contributed by atoms with Crippen molar-refractivity contribution in [1.82, 2.24) is 36.6 Å². The number of H-pyrrole nitrogens is 2. The summed E-state index contributed by atoms with van der Waals surface area (Å²) in [6.07, 6.45) is 2.05. The molecule has 0 aliphatic rings. The van der Waals surface area contributed by atoms with Crippen molar-refractivity contribution in [2.45, 2.75) is 55.5 Å². The quantitative estimate of drug-likeness (QED) is 0.0411. The molecule has 2 aromatic heterocycles. The minimum absolute atomic E-state index is 0.165.